The van der Waals surface area contributed by atoms with Crippen molar-refractivity contribution in [2.75, 3.05) is 5.32 Å². The summed E-state index contributed by atoms with van der Waals surface area (Å²) in [6.45, 7) is 0. The lowest BCUT2D eigenvalue weighted by molar-refractivity contribution is -0.137. The van der Waals surface area contributed by atoms with Crippen LogP contribution >= 0.6 is 0 Å². The van der Waals surface area contributed by atoms with Gasteiger partial charge < -0.3 is 15.0 Å². The van der Waals surface area contributed by atoms with E-state index in [0.717, 1.165) is 24.3 Å². The highest BCUT2D eigenvalue weighted by molar-refractivity contribution is 5.98. The Morgan fingerprint density at radius 2 is 1.70 bits per heavy atom. The molecule has 154 valence electrons. The third-order valence-electron chi connectivity index (χ3n) is 4.03. The number of alkyl halides is 3. The van der Waals surface area contributed by atoms with E-state index in [2.05, 4.69) is 10.3 Å². The predicted octanol–water partition coefficient (Wildman–Crippen LogP) is 3.93. The van der Waals surface area contributed by atoms with Gasteiger partial charge in [-0.3, -0.25) is 9.59 Å². The molecule has 0 saturated carbocycles. The van der Waals surface area contributed by atoms with Gasteiger partial charge in [-0.25, -0.2) is 4.79 Å². The quantitative estimate of drug-likeness (QED) is 0.617. The number of H-pyrrole nitrogens is 1. The molecule has 0 radical (unpaired) electrons. The lowest BCUT2D eigenvalue weighted by atomic mass is 10.1. The van der Waals surface area contributed by atoms with Gasteiger partial charge >= 0.3 is 12.1 Å². The van der Waals surface area contributed by atoms with E-state index in [4.69, 9.17) is 4.74 Å². The molecule has 0 saturated heterocycles. The first-order valence-electron chi connectivity index (χ1n) is 8.67. The van der Waals surface area contributed by atoms with Gasteiger partial charge in [0.2, 0.25) is 11.7 Å². The lowest BCUT2D eigenvalue weighted by Gasteiger charge is -2.18. The van der Waals surface area contributed by atoms with Crippen molar-refractivity contribution in [3.8, 4) is 0 Å². The third kappa shape index (κ3) is 5.13. The lowest BCUT2D eigenvalue weighted by Crippen LogP contribution is -2.26. The van der Waals surface area contributed by atoms with E-state index >= 15 is 0 Å². The minimum absolute atomic E-state index is 0.0773. The number of benzene rings is 2. The fourth-order valence-corrected chi connectivity index (χ4v) is 2.63. The number of carbonyl (C=O) groups excluding carboxylic acids is 2. The summed E-state index contributed by atoms with van der Waals surface area (Å²) in [6.07, 6.45) is -4.78. The molecule has 0 aliphatic heterocycles. The van der Waals surface area contributed by atoms with E-state index in [1.165, 1.54) is 30.5 Å². The van der Waals surface area contributed by atoms with Gasteiger partial charge in [0.15, 0.2) is 0 Å². The molecule has 0 unspecified atom stereocenters. The normalized spacial score (nSPS) is 12.1. The van der Waals surface area contributed by atoms with E-state index in [-0.39, 0.29) is 11.3 Å². The Balaban J connectivity index is 1.87. The summed E-state index contributed by atoms with van der Waals surface area (Å²) >= 11 is 0. The summed E-state index contributed by atoms with van der Waals surface area (Å²) in [6, 6.07) is 14.4. The van der Waals surface area contributed by atoms with Gasteiger partial charge in [0, 0.05) is 23.5 Å². The SMILES string of the molecule is O=C(O[C@H](C(=O)Nc1cccc(C(F)(F)F)c1)c1ccccc1)c1cc[nH]c(=O)c1. The molecule has 0 aliphatic carbocycles. The number of esters is 1. The van der Waals surface area contributed by atoms with Crippen LogP contribution in [0.2, 0.25) is 0 Å². The van der Waals surface area contributed by atoms with E-state index < -0.39 is 35.3 Å². The molecule has 0 bridgehead atoms. The Hall–Kier alpha value is -3.88. The Bertz CT molecular complexity index is 1110. The van der Waals surface area contributed by atoms with Crippen molar-refractivity contribution < 1.29 is 27.5 Å². The van der Waals surface area contributed by atoms with Crippen LogP contribution in [0.4, 0.5) is 18.9 Å². The highest BCUT2D eigenvalue weighted by atomic mass is 19.4. The molecule has 0 aliphatic rings. The monoisotopic (exact) mass is 416 g/mol. The average Bonchev–Trinajstić information content (AvgIpc) is 2.72. The van der Waals surface area contributed by atoms with Gasteiger partial charge in [-0.1, -0.05) is 36.4 Å². The molecule has 6 nitrogen and oxygen atoms in total. The summed E-state index contributed by atoms with van der Waals surface area (Å²) in [5, 5.41) is 2.34. The van der Waals surface area contributed by atoms with Crippen molar-refractivity contribution in [1.29, 1.82) is 0 Å². The number of pyridine rings is 1. The number of amides is 1. The van der Waals surface area contributed by atoms with Gasteiger partial charge in [0.1, 0.15) is 0 Å². The number of halogens is 3. The zero-order valence-corrected chi connectivity index (χ0v) is 15.3. The molecule has 3 rings (SSSR count). The van der Waals surface area contributed by atoms with Crippen LogP contribution in [0.3, 0.4) is 0 Å². The van der Waals surface area contributed by atoms with Gasteiger partial charge in [-0.2, -0.15) is 13.2 Å². The number of ether oxygens (including phenoxy) is 1. The third-order valence-corrected chi connectivity index (χ3v) is 4.03. The smallest absolute Gasteiger partial charge is 0.416 e. The first-order chi connectivity index (χ1) is 14.2. The molecule has 2 N–H and O–H groups in total. The molecular formula is C21H15F3N2O4. The van der Waals surface area contributed by atoms with Crippen molar-refractivity contribution in [3.05, 3.63) is 100.0 Å². The molecule has 0 spiro atoms. The van der Waals surface area contributed by atoms with E-state index in [9.17, 15) is 27.6 Å². The summed E-state index contributed by atoms with van der Waals surface area (Å²) in [4.78, 5) is 38.9. The minimum atomic E-state index is -4.58. The zero-order chi connectivity index (χ0) is 21.7. The molecule has 0 fully saturated rings. The second kappa shape index (κ2) is 8.64. The largest absolute Gasteiger partial charge is 0.444 e. The van der Waals surface area contributed by atoms with Crippen molar-refractivity contribution in [2.24, 2.45) is 0 Å². The predicted molar refractivity (Wildman–Crippen MR) is 102 cm³/mol. The molecule has 1 atom stereocenters. The van der Waals surface area contributed by atoms with E-state index in [0.29, 0.717) is 5.56 Å². The van der Waals surface area contributed by atoms with E-state index in [1.54, 1.807) is 18.2 Å². The molecular weight excluding hydrogens is 401 g/mol. The van der Waals surface area contributed by atoms with Crippen LogP contribution in [0, 0.1) is 0 Å². The molecule has 2 aromatic carbocycles. The number of carbonyl (C=O) groups is 2. The van der Waals surface area contributed by atoms with E-state index in [1.807, 2.05) is 0 Å². The van der Waals surface area contributed by atoms with Crippen molar-refractivity contribution >= 4 is 17.6 Å². The topological polar surface area (TPSA) is 88.3 Å². The van der Waals surface area contributed by atoms with Crippen molar-refractivity contribution in [3.63, 3.8) is 0 Å². The van der Waals surface area contributed by atoms with Crippen LogP contribution in [-0.4, -0.2) is 16.9 Å². The van der Waals surface area contributed by atoms with Crippen LogP contribution in [0.15, 0.2) is 77.7 Å². The van der Waals surface area contributed by atoms with Gasteiger partial charge in [0.05, 0.1) is 11.1 Å². The maximum absolute atomic E-state index is 12.9. The second-order valence-electron chi connectivity index (χ2n) is 6.21. The Labute approximate surface area is 168 Å². The van der Waals surface area contributed by atoms with Gasteiger partial charge in [0.25, 0.3) is 5.91 Å². The number of aromatic nitrogens is 1. The molecule has 1 heterocycles. The minimum Gasteiger partial charge on any atom is -0.444 e. The Morgan fingerprint density at radius 3 is 2.37 bits per heavy atom. The fraction of sp³-hybridized carbons (Fsp3) is 0.0952. The summed E-state index contributed by atoms with van der Waals surface area (Å²) in [5.74, 6) is -1.78. The highest BCUT2D eigenvalue weighted by Crippen LogP contribution is 2.31. The number of aromatic amines is 1. The van der Waals surface area contributed by atoms with Crippen LogP contribution in [0.1, 0.15) is 27.6 Å². The summed E-state index contributed by atoms with van der Waals surface area (Å²) < 4.78 is 44.0. The maximum Gasteiger partial charge on any atom is 0.416 e. The highest BCUT2D eigenvalue weighted by Gasteiger charge is 2.31. The average molecular weight is 416 g/mol. The first-order valence-corrected chi connectivity index (χ1v) is 8.67. The van der Waals surface area contributed by atoms with Crippen molar-refractivity contribution in [2.45, 2.75) is 12.3 Å². The number of hydrogen-bond acceptors (Lipinski definition) is 4. The number of anilines is 1. The summed E-state index contributed by atoms with van der Waals surface area (Å²) in [5.41, 5.74) is -1.35. The standard InChI is InChI=1S/C21H15F3N2O4/c22-21(23,24)15-7-4-8-16(12-15)26-19(28)18(13-5-2-1-3-6-13)30-20(29)14-9-10-25-17(27)11-14/h1-12,18H,(H,25,27)(H,26,28)/t18-/m0/s1. The summed E-state index contributed by atoms with van der Waals surface area (Å²) in [7, 11) is 0. The Morgan fingerprint density at radius 1 is 0.967 bits per heavy atom. The Kier molecular flexibility index (Phi) is 6.01. The van der Waals surface area contributed by atoms with Gasteiger partial charge in [-0.15, -0.1) is 0 Å². The first kappa shape index (κ1) is 20.8. The fourth-order valence-electron chi connectivity index (χ4n) is 2.63. The number of nitrogens with one attached hydrogen (secondary N) is 2. The van der Waals surface area contributed by atoms with Gasteiger partial charge in [-0.05, 0) is 24.3 Å². The second-order valence-corrected chi connectivity index (χ2v) is 6.21. The maximum atomic E-state index is 12.9. The van der Waals surface area contributed by atoms with Crippen LogP contribution in [0.5, 0.6) is 0 Å². The number of rotatable bonds is 5. The number of hydrogen-bond donors (Lipinski definition) is 2. The van der Waals surface area contributed by atoms with Crippen LogP contribution in [-0.2, 0) is 15.7 Å². The van der Waals surface area contributed by atoms with Crippen LogP contribution < -0.4 is 10.9 Å². The molecule has 1 aromatic heterocycles. The van der Waals surface area contributed by atoms with Crippen molar-refractivity contribution in [1.82, 2.24) is 4.98 Å². The molecule has 3 aromatic rings. The molecule has 30 heavy (non-hydrogen) atoms. The zero-order valence-electron chi connectivity index (χ0n) is 15.3. The molecule has 9 heteroatoms. The molecule has 1 amide bonds. The van der Waals surface area contributed by atoms with Crippen LogP contribution in [0.25, 0.3) is 0 Å².